The Morgan fingerprint density at radius 3 is 2.67 bits per heavy atom. The molecule has 1 aromatic carbocycles. The number of ether oxygens (including phenoxy) is 1. The molecule has 1 spiro atoms. The fourth-order valence-electron chi connectivity index (χ4n) is 4.41. The lowest BCUT2D eigenvalue weighted by Crippen LogP contribution is -2.52. The number of hydrogen-bond acceptors (Lipinski definition) is 4. The maximum absolute atomic E-state index is 11.2. The van der Waals surface area contributed by atoms with Crippen LogP contribution in [0.1, 0.15) is 47.1 Å². The molecule has 1 aromatic rings. The van der Waals surface area contributed by atoms with Crippen LogP contribution in [0.5, 0.6) is 0 Å². The summed E-state index contributed by atoms with van der Waals surface area (Å²) >= 11 is 0. The predicted octanol–water partition coefficient (Wildman–Crippen LogP) is 2.39. The molecule has 3 unspecified atom stereocenters. The molecule has 0 aliphatic carbocycles. The average Bonchev–Trinajstić information content (AvgIpc) is 3.38. The molecule has 3 aliphatic heterocycles. The summed E-state index contributed by atoms with van der Waals surface area (Å²) in [5.74, 6) is -0.0997. The number of benzene rings is 1. The van der Waals surface area contributed by atoms with Gasteiger partial charge in [0.1, 0.15) is 0 Å². The maximum atomic E-state index is 11.2. The fraction of sp³-hybridized carbons (Fsp3) is 0.500. The Balaban J connectivity index is 1.75. The number of rotatable bonds is 3. The molecule has 0 aromatic heterocycles. The lowest BCUT2D eigenvalue weighted by atomic mass is 9.77. The number of nitrogens with one attached hydrogen (secondary N) is 2. The second kappa shape index (κ2) is 5.73. The Bertz CT molecular complexity index is 687. The quantitative estimate of drug-likeness (QED) is 0.747. The van der Waals surface area contributed by atoms with E-state index in [9.17, 15) is 5.11 Å². The zero-order valence-electron chi connectivity index (χ0n) is 14.3. The summed E-state index contributed by atoms with van der Waals surface area (Å²) in [6.07, 6.45) is 3.05. The van der Waals surface area contributed by atoms with Crippen LogP contribution in [0.4, 0.5) is 0 Å². The van der Waals surface area contributed by atoms with Gasteiger partial charge in [0.15, 0.2) is 0 Å². The first-order valence-corrected chi connectivity index (χ1v) is 8.79. The normalized spacial score (nSPS) is 31.1. The maximum Gasteiger partial charge on any atom is 0.0894 e. The van der Waals surface area contributed by atoms with Crippen molar-refractivity contribution in [3.63, 3.8) is 0 Å². The fourth-order valence-corrected chi connectivity index (χ4v) is 4.41. The van der Waals surface area contributed by atoms with Gasteiger partial charge >= 0.3 is 0 Å². The van der Waals surface area contributed by atoms with Crippen molar-refractivity contribution in [2.24, 2.45) is 0 Å². The first kappa shape index (κ1) is 15.9. The minimum absolute atomic E-state index is 0.0997. The van der Waals surface area contributed by atoms with Crippen LogP contribution in [0.25, 0.3) is 6.08 Å². The largest absolute Gasteiger partial charge is 0.390 e. The Hall–Kier alpha value is -1.62. The summed E-state index contributed by atoms with van der Waals surface area (Å²) in [5, 5.41) is 18.1. The lowest BCUT2D eigenvalue weighted by Gasteiger charge is -2.37. The smallest absolute Gasteiger partial charge is 0.0894 e. The summed E-state index contributed by atoms with van der Waals surface area (Å²) in [5.41, 5.74) is 5.37. The van der Waals surface area contributed by atoms with Crippen molar-refractivity contribution in [2.75, 3.05) is 19.8 Å². The minimum Gasteiger partial charge on any atom is -0.390 e. The highest BCUT2D eigenvalue weighted by Crippen LogP contribution is 2.45. The van der Waals surface area contributed by atoms with E-state index in [1.165, 1.54) is 11.1 Å². The van der Waals surface area contributed by atoms with E-state index in [-0.39, 0.29) is 11.5 Å². The zero-order valence-corrected chi connectivity index (χ0v) is 14.3. The van der Waals surface area contributed by atoms with E-state index in [1.807, 2.05) is 6.08 Å². The van der Waals surface area contributed by atoms with Crippen LogP contribution in [-0.4, -0.2) is 36.5 Å². The molecule has 3 fully saturated rings. The third-order valence-electron chi connectivity index (χ3n) is 5.83. The van der Waals surface area contributed by atoms with E-state index in [1.54, 1.807) is 0 Å². The second-order valence-electron chi connectivity index (χ2n) is 7.35. The van der Waals surface area contributed by atoms with Gasteiger partial charge in [0, 0.05) is 31.5 Å². The van der Waals surface area contributed by atoms with E-state index in [4.69, 9.17) is 4.74 Å². The van der Waals surface area contributed by atoms with Gasteiger partial charge in [-0.05, 0) is 48.1 Å². The predicted molar refractivity (Wildman–Crippen MR) is 95.8 cm³/mol. The second-order valence-corrected chi connectivity index (χ2v) is 7.35. The van der Waals surface area contributed by atoms with Crippen LogP contribution in [-0.2, 0) is 4.74 Å². The average molecular weight is 326 g/mol. The molecule has 4 heteroatoms. The van der Waals surface area contributed by atoms with Crippen LogP contribution in [0.3, 0.4) is 0 Å². The standard InChI is InChI=1S/C20H26N2O2/c1-4-14-10-15(16-11-21-16)9-12(2)17(14)18-13(3)22-20(19(18)23)5-7-24-8-6-20/h4,9-10,16,18-19,21-23H,1,3,5-8,11H2,2H3. The summed E-state index contributed by atoms with van der Waals surface area (Å²) in [7, 11) is 0. The number of aliphatic hydroxyl groups is 1. The highest BCUT2D eigenvalue weighted by molar-refractivity contribution is 5.60. The van der Waals surface area contributed by atoms with Gasteiger partial charge in [0.25, 0.3) is 0 Å². The molecule has 0 radical (unpaired) electrons. The van der Waals surface area contributed by atoms with E-state index < -0.39 is 6.10 Å². The monoisotopic (exact) mass is 326 g/mol. The first-order chi connectivity index (χ1) is 11.6. The van der Waals surface area contributed by atoms with E-state index >= 15 is 0 Å². The van der Waals surface area contributed by atoms with E-state index in [0.29, 0.717) is 19.3 Å². The van der Waals surface area contributed by atoms with Crippen LogP contribution < -0.4 is 10.6 Å². The SMILES string of the molecule is C=Cc1cc(C2CN2)cc(C)c1C1C(=C)NC2(CCOCC2)C1O. The summed E-state index contributed by atoms with van der Waals surface area (Å²) in [6, 6.07) is 4.91. The topological polar surface area (TPSA) is 63.4 Å². The summed E-state index contributed by atoms with van der Waals surface area (Å²) in [4.78, 5) is 0. The Morgan fingerprint density at radius 1 is 1.33 bits per heavy atom. The Morgan fingerprint density at radius 2 is 2.04 bits per heavy atom. The zero-order chi connectivity index (χ0) is 16.9. The van der Waals surface area contributed by atoms with Gasteiger partial charge in [-0.25, -0.2) is 0 Å². The Kier molecular flexibility index (Phi) is 3.79. The van der Waals surface area contributed by atoms with Crippen molar-refractivity contribution in [1.29, 1.82) is 0 Å². The van der Waals surface area contributed by atoms with E-state index in [0.717, 1.165) is 36.2 Å². The van der Waals surface area contributed by atoms with Gasteiger partial charge in [-0.15, -0.1) is 0 Å². The molecule has 0 amide bonds. The van der Waals surface area contributed by atoms with Gasteiger partial charge in [-0.2, -0.15) is 0 Å². The molecule has 24 heavy (non-hydrogen) atoms. The number of aliphatic hydroxyl groups excluding tert-OH is 1. The lowest BCUT2D eigenvalue weighted by molar-refractivity contribution is -0.0106. The van der Waals surface area contributed by atoms with Gasteiger partial charge in [0.05, 0.1) is 17.6 Å². The minimum atomic E-state index is -0.490. The van der Waals surface area contributed by atoms with Gasteiger partial charge in [-0.3, -0.25) is 0 Å². The molecule has 4 nitrogen and oxygen atoms in total. The number of aryl methyl sites for hydroxylation is 1. The Labute approximate surface area is 143 Å². The molecule has 3 aliphatic rings. The molecule has 3 heterocycles. The third-order valence-corrected chi connectivity index (χ3v) is 5.83. The highest BCUT2D eigenvalue weighted by Gasteiger charge is 2.51. The van der Waals surface area contributed by atoms with Crippen LogP contribution >= 0.6 is 0 Å². The molecule has 4 rings (SSSR count). The first-order valence-electron chi connectivity index (χ1n) is 8.79. The van der Waals surface area contributed by atoms with Crippen LogP contribution in [0.2, 0.25) is 0 Å². The van der Waals surface area contributed by atoms with Crippen molar-refractivity contribution < 1.29 is 9.84 Å². The highest BCUT2D eigenvalue weighted by atomic mass is 16.5. The van der Waals surface area contributed by atoms with E-state index in [2.05, 4.69) is 42.8 Å². The van der Waals surface area contributed by atoms with Crippen molar-refractivity contribution in [3.8, 4) is 0 Å². The van der Waals surface area contributed by atoms with Crippen molar-refractivity contribution in [3.05, 3.63) is 53.2 Å². The molecule has 128 valence electrons. The molecule has 0 bridgehead atoms. The molecule has 0 saturated carbocycles. The summed E-state index contributed by atoms with van der Waals surface area (Å²) < 4.78 is 5.49. The molecular formula is C20H26N2O2. The van der Waals surface area contributed by atoms with Gasteiger partial charge in [-0.1, -0.05) is 25.3 Å². The van der Waals surface area contributed by atoms with Crippen molar-refractivity contribution in [1.82, 2.24) is 10.6 Å². The van der Waals surface area contributed by atoms with Crippen molar-refractivity contribution in [2.45, 2.75) is 43.4 Å². The molecule has 3 saturated heterocycles. The van der Waals surface area contributed by atoms with Crippen molar-refractivity contribution >= 4 is 6.08 Å². The molecule has 3 atom stereocenters. The van der Waals surface area contributed by atoms with Crippen LogP contribution in [0, 0.1) is 6.92 Å². The molecular weight excluding hydrogens is 300 g/mol. The van der Waals surface area contributed by atoms with Crippen LogP contribution in [0.15, 0.2) is 31.0 Å². The van der Waals surface area contributed by atoms with Gasteiger partial charge < -0.3 is 20.5 Å². The third kappa shape index (κ3) is 2.41. The number of hydrogen-bond donors (Lipinski definition) is 3. The summed E-state index contributed by atoms with van der Waals surface area (Å²) in [6.45, 7) is 12.8. The molecule has 3 N–H and O–H groups in total. The van der Waals surface area contributed by atoms with Gasteiger partial charge in [0.2, 0.25) is 0 Å².